The lowest BCUT2D eigenvalue weighted by atomic mass is 9.87. The van der Waals surface area contributed by atoms with Crippen LogP contribution in [0, 0.1) is 10.8 Å². The zero-order valence-electron chi connectivity index (χ0n) is 7.86. The van der Waals surface area contributed by atoms with Crippen molar-refractivity contribution in [1.29, 1.82) is 5.41 Å². The first kappa shape index (κ1) is 10.2. The van der Waals surface area contributed by atoms with Gasteiger partial charge < -0.3 is 5.41 Å². The quantitative estimate of drug-likeness (QED) is 0.463. The maximum absolute atomic E-state index is 6.94. The number of allylic oxidation sites excluding steroid dienone is 3. The summed E-state index contributed by atoms with van der Waals surface area (Å²) in [6, 6.07) is 0. The average Bonchev–Trinajstić information content (AvgIpc) is 1.85. The molecule has 0 saturated heterocycles. The minimum absolute atomic E-state index is 0.186. The molecule has 0 aliphatic heterocycles. The predicted octanol–water partition coefficient (Wildman–Crippen LogP) is 3.18. The Labute approximate surface area is 69.3 Å². The van der Waals surface area contributed by atoms with Gasteiger partial charge in [-0.15, -0.1) is 0 Å². The molecule has 0 saturated carbocycles. The van der Waals surface area contributed by atoms with Gasteiger partial charge in [0.15, 0.2) is 0 Å². The van der Waals surface area contributed by atoms with Crippen LogP contribution >= 0.6 is 0 Å². The molecule has 0 amide bonds. The van der Waals surface area contributed by atoms with Crippen LogP contribution < -0.4 is 0 Å². The van der Waals surface area contributed by atoms with Crippen molar-refractivity contribution in [2.24, 2.45) is 5.41 Å². The largest absolute Gasteiger partial charge is 0.308 e. The summed E-state index contributed by atoms with van der Waals surface area (Å²) in [6.45, 7) is 12.2. The number of hydrogen-bond donors (Lipinski definition) is 1. The summed E-state index contributed by atoms with van der Waals surface area (Å²) in [4.78, 5) is 0. The van der Waals surface area contributed by atoms with Crippen LogP contribution in [0.5, 0.6) is 0 Å². The Hall–Kier alpha value is -0.850. The lowest BCUT2D eigenvalue weighted by Crippen LogP contribution is -2.06. The van der Waals surface area contributed by atoms with Crippen LogP contribution in [0.4, 0.5) is 0 Å². The topological polar surface area (TPSA) is 23.9 Å². The van der Waals surface area contributed by atoms with E-state index >= 15 is 0 Å². The molecule has 0 radical (unpaired) electrons. The SMILES string of the molecule is C=C(C=N)/C=C(\C)C(C)(C)C. The van der Waals surface area contributed by atoms with E-state index in [-0.39, 0.29) is 5.41 Å². The second-order valence-electron chi connectivity index (χ2n) is 3.80. The van der Waals surface area contributed by atoms with Gasteiger partial charge in [-0.25, -0.2) is 0 Å². The van der Waals surface area contributed by atoms with Gasteiger partial charge in [0.2, 0.25) is 0 Å². The Morgan fingerprint density at radius 3 is 2.09 bits per heavy atom. The number of rotatable bonds is 2. The van der Waals surface area contributed by atoms with Crippen molar-refractivity contribution in [1.82, 2.24) is 0 Å². The second-order valence-corrected chi connectivity index (χ2v) is 3.80. The number of hydrogen-bond acceptors (Lipinski definition) is 1. The maximum atomic E-state index is 6.94. The van der Waals surface area contributed by atoms with E-state index in [1.165, 1.54) is 11.8 Å². The van der Waals surface area contributed by atoms with E-state index in [0.717, 1.165) is 5.57 Å². The minimum Gasteiger partial charge on any atom is -0.308 e. The van der Waals surface area contributed by atoms with Gasteiger partial charge in [0.05, 0.1) is 0 Å². The van der Waals surface area contributed by atoms with E-state index in [9.17, 15) is 0 Å². The van der Waals surface area contributed by atoms with Gasteiger partial charge in [0.25, 0.3) is 0 Å². The first-order valence-electron chi connectivity index (χ1n) is 3.76. The van der Waals surface area contributed by atoms with Crippen LogP contribution in [0.3, 0.4) is 0 Å². The molecule has 0 unspecified atom stereocenters. The molecule has 0 aromatic carbocycles. The van der Waals surface area contributed by atoms with Gasteiger partial charge >= 0.3 is 0 Å². The molecule has 0 bridgehead atoms. The lowest BCUT2D eigenvalue weighted by molar-refractivity contribution is 0.504. The molecule has 1 N–H and O–H groups in total. The van der Waals surface area contributed by atoms with Crippen molar-refractivity contribution in [2.45, 2.75) is 27.7 Å². The van der Waals surface area contributed by atoms with Crippen LogP contribution in [0.25, 0.3) is 0 Å². The molecule has 0 aromatic rings. The minimum atomic E-state index is 0.186. The Bertz CT molecular complexity index is 191. The summed E-state index contributed by atoms with van der Waals surface area (Å²) in [5.74, 6) is 0. The van der Waals surface area contributed by atoms with Crippen molar-refractivity contribution >= 4 is 6.21 Å². The van der Waals surface area contributed by atoms with Crippen LogP contribution in [0.2, 0.25) is 0 Å². The lowest BCUT2D eigenvalue weighted by Gasteiger charge is -2.19. The van der Waals surface area contributed by atoms with Gasteiger partial charge in [0, 0.05) is 6.21 Å². The third-order valence-electron chi connectivity index (χ3n) is 1.77. The summed E-state index contributed by atoms with van der Waals surface area (Å²) in [6.07, 6.45) is 3.22. The molecular weight excluding hydrogens is 134 g/mol. The van der Waals surface area contributed by atoms with Crippen LogP contribution in [-0.4, -0.2) is 6.21 Å². The Balaban J connectivity index is 4.47. The molecule has 0 aliphatic carbocycles. The molecular formula is C10H17N. The van der Waals surface area contributed by atoms with Gasteiger partial charge in [-0.3, -0.25) is 0 Å². The molecule has 62 valence electrons. The normalized spacial score (nSPS) is 12.9. The molecule has 11 heavy (non-hydrogen) atoms. The maximum Gasteiger partial charge on any atom is 0.0244 e. The summed E-state index contributed by atoms with van der Waals surface area (Å²) >= 11 is 0. The van der Waals surface area contributed by atoms with E-state index in [1.807, 2.05) is 6.08 Å². The van der Waals surface area contributed by atoms with E-state index < -0.39 is 0 Å². The monoisotopic (exact) mass is 151 g/mol. The Morgan fingerprint density at radius 2 is 1.82 bits per heavy atom. The van der Waals surface area contributed by atoms with E-state index in [0.29, 0.717) is 0 Å². The van der Waals surface area contributed by atoms with Gasteiger partial charge in [-0.1, -0.05) is 39.0 Å². The molecule has 1 heteroatoms. The molecule has 0 aromatic heterocycles. The van der Waals surface area contributed by atoms with Crippen molar-refractivity contribution < 1.29 is 0 Å². The smallest absolute Gasteiger partial charge is 0.0244 e. The van der Waals surface area contributed by atoms with Crippen molar-refractivity contribution in [3.05, 3.63) is 23.8 Å². The first-order chi connectivity index (χ1) is 4.88. The zero-order valence-corrected chi connectivity index (χ0v) is 7.86. The fourth-order valence-electron chi connectivity index (χ4n) is 0.536. The third-order valence-corrected chi connectivity index (χ3v) is 1.77. The summed E-state index contributed by atoms with van der Waals surface area (Å²) in [5.41, 5.74) is 2.20. The van der Waals surface area contributed by atoms with Crippen molar-refractivity contribution in [3.63, 3.8) is 0 Å². The fourth-order valence-corrected chi connectivity index (χ4v) is 0.536. The molecule has 0 heterocycles. The highest BCUT2D eigenvalue weighted by Crippen LogP contribution is 2.24. The molecule has 0 spiro atoms. The molecule has 0 fully saturated rings. The average molecular weight is 151 g/mol. The van der Waals surface area contributed by atoms with Crippen LogP contribution in [0.15, 0.2) is 23.8 Å². The second kappa shape index (κ2) is 3.51. The van der Waals surface area contributed by atoms with Gasteiger partial charge in [-0.05, 0) is 17.9 Å². The highest BCUT2D eigenvalue weighted by atomic mass is 14.3. The van der Waals surface area contributed by atoms with Crippen LogP contribution in [0.1, 0.15) is 27.7 Å². The van der Waals surface area contributed by atoms with E-state index in [2.05, 4.69) is 34.3 Å². The standard InChI is InChI=1S/C10H17N/c1-8(7-11)6-9(2)10(3,4)5/h6-7,11H,1H2,2-5H3/b9-6+,11-7?. The van der Waals surface area contributed by atoms with Crippen LogP contribution in [-0.2, 0) is 0 Å². The summed E-state index contributed by atoms with van der Waals surface area (Å²) < 4.78 is 0. The van der Waals surface area contributed by atoms with Crippen molar-refractivity contribution in [2.75, 3.05) is 0 Å². The highest BCUT2D eigenvalue weighted by molar-refractivity contribution is 5.78. The molecule has 0 atom stereocenters. The van der Waals surface area contributed by atoms with Gasteiger partial charge in [-0.2, -0.15) is 0 Å². The van der Waals surface area contributed by atoms with Crippen molar-refractivity contribution in [3.8, 4) is 0 Å². The first-order valence-corrected chi connectivity index (χ1v) is 3.76. The highest BCUT2D eigenvalue weighted by Gasteiger charge is 2.11. The Morgan fingerprint density at radius 1 is 1.36 bits per heavy atom. The van der Waals surface area contributed by atoms with Gasteiger partial charge in [0.1, 0.15) is 0 Å². The van der Waals surface area contributed by atoms with E-state index in [1.54, 1.807) is 0 Å². The number of nitrogens with one attached hydrogen (secondary N) is 1. The van der Waals surface area contributed by atoms with E-state index in [4.69, 9.17) is 5.41 Å². The Kier molecular flexibility index (Phi) is 3.24. The third kappa shape index (κ3) is 3.76. The zero-order chi connectivity index (χ0) is 9.07. The predicted molar refractivity (Wildman–Crippen MR) is 51.1 cm³/mol. The molecule has 0 rings (SSSR count). The fraction of sp³-hybridized carbons (Fsp3) is 0.500. The summed E-state index contributed by atoms with van der Waals surface area (Å²) in [5, 5.41) is 6.94. The summed E-state index contributed by atoms with van der Waals surface area (Å²) in [7, 11) is 0. The molecule has 0 aliphatic rings. The molecule has 1 nitrogen and oxygen atoms in total.